The van der Waals surface area contributed by atoms with Crippen LogP contribution >= 0.6 is 0 Å². The van der Waals surface area contributed by atoms with E-state index in [0.29, 0.717) is 11.3 Å². The summed E-state index contributed by atoms with van der Waals surface area (Å²) in [4.78, 5) is 24.5. The van der Waals surface area contributed by atoms with Crippen LogP contribution in [-0.2, 0) is 9.59 Å². The van der Waals surface area contributed by atoms with Gasteiger partial charge >= 0.3 is 0 Å². The Morgan fingerprint density at radius 3 is 2.47 bits per heavy atom. The Labute approximate surface area is 99.2 Å². The van der Waals surface area contributed by atoms with Crippen molar-refractivity contribution in [1.29, 1.82) is 0 Å². The highest BCUT2D eigenvalue weighted by Crippen LogP contribution is 2.33. The lowest BCUT2D eigenvalue weighted by atomic mass is 9.98. The average molecular weight is 231 g/mol. The Hall–Kier alpha value is -2.10. The van der Waals surface area contributed by atoms with Crippen LogP contribution in [0.4, 0.5) is 5.69 Å². The van der Waals surface area contributed by atoms with E-state index in [1.54, 1.807) is 24.3 Å². The molecule has 1 heterocycles. The summed E-state index contributed by atoms with van der Waals surface area (Å²) in [5.41, 5.74) is 1.44. The van der Waals surface area contributed by atoms with Crippen LogP contribution in [0.25, 0.3) is 5.76 Å². The second kappa shape index (κ2) is 4.05. The van der Waals surface area contributed by atoms with Gasteiger partial charge in [0.05, 0.1) is 17.8 Å². The van der Waals surface area contributed by atoms with Crippen LogP contribution in [0.2, 0.25) is 0 Å². The predicted octanol–water partition coefficient (Wildman–Crippen LogP) is 1.91. The third-order valence-electron chi connectivity index (χ3n) is 2.86. The van der Waals surface area contributed by atoms with E-state index in [4.69, 9.17) is 0 Å². The molecule has 1 amide bonds. The monoisotopic (exact) mass is 231 g/mol. The summed E-state index contributed by atoms with van der Waals surface area (Å²) < 4.78 is 0. The maximum absolute atomic E-state index is 11.5. The summed E-state index contributed by atoms with van der Waals surface area (Å²) in [6.45, 7) is 2.96. The van der Waals surface area contributed by atoms with Gasteiger partial charge in [0.25, 0.3) is 0 Å². The zero-order valence-corrected chi connectivity index (χ0v) is 9.73. The third-order valence-corrected chi connectivity index (χ3v) is 2.86. The molecule has 0 unspecified atom stereocenters. The number of nitrogens with zero attached hydrogens (tertiary/aromatic N) is 1. The number of amides is 1. The number of hydrogen-bond acceptors (Lipinski definition) is 3. The SMILES string of the molecule is CC(=O)C1=C(O)c2ccccc2N(C(C)=O)C1. The van der Waals surface area contributed by atoms with Gasteiger partial charge in [-0.2, -0.15) is 0 Å². The number of hydrogen-bond donors (Lipinski definition) is 1. The van der Waals surface area contributed by atoms with Crippen LogP contribution in [0.3, 0.4) is 0 Å². The van der Waals surface area contributed by atoms with Crippen molar-refractivity contribution in [2.45, 2.75) is 13.8 Å². The predicted molar refractivity (Wildman–Crippen MR) is 64.7 cm³/mol. The molecule has 1 N–H and O–H groups in total. The molecular formula is C13H13NO3. The number of carbonyl (C=O) groups excluding carboxylic acids is 2. The van der Waals surface area contributed by atoms with Crippen molar-refractivity contribution in [3.63, 3.8) is 0 Å². The quantitative estimate of drug-likeness (QED) is 0.803. The molecule has 0 fully saturated rings. The van der Waals surface area contributed by atoms with Gasteiger partial charge < -0.3 is 10.0 Å². The zero-order valence-electron chi connectivity index (χ0n) is 9.73. The molecule has 2 rings (SSSR count). The molecule has 1 aliphatic heterocycles. The summed E-state index contributed by atoms with van der Waals surface area (Å²) in [6, 6.07) is 7.00. The molecule has 4 heteroatoms. The Kier molecular flexibility index (Phi) is 2.71. The third kappa shape index (κ3) is 1.82. The van der Waals surface area contributed by atoms with Crippen LogP contribution in [0.1, 0.15) is 19.4 Å². The van der Waals surface area contributed by atoms with Gasteiger partial charge in [-0.15, -0.1) is 0 Å². The van der Waals surface area contributed by atoms with Crippen molar-refractivity contribution < 1.29 is 14.7 Å². The van der Waals surface area contributed by atoms with Crippen molar-refractivity contribution in [2.75, 3.05) is 11.4 Å². The molecule has 17 heavy (non-hydrogen) atoms. The summed E-state index contributed by atoms with van der Waals surface area (Å²) in [7, 11) is 0. The molecule has 0 atom stereocenters. The molecule has 1 aromatic rings. The van der Waals surface area contributed by atoms with E-state index in [0.717, 1.165) is 0 Å². The topological polar surface area (TPSA) is 57.6 Å². The van der Waals surface area contributed by atoms with Gasteiger partial charge in [-0.1, -0.05) is 12.1 Å². The van der Waals surface area contributed by atoms with E-state index in [1.807, 2.05) is 0 Å². The summed E-state index contributed by atoms with van der Waals surface area (Å²) in [5.74, 6) is -0.391. The van der Waals surface area contributed by atoms with Crippen LogP contribution in [0.15, 0.2) is 29.8 Å². The lowest BCUT2D eigenvalue weighted by molar-refractivity contribution is -0.116. The first-order chi connectivity index (χ1) is 8.02. The molecule has 0 spiro atoms. The minimum Gasteiger partial charge on any atom is -0.507 e. The molecule has 0 aliphatic carbocycles. The van der Waals surface area contributed by atoms with Crippen molar-refractivity contribution in [3.8, 4) is 0 Å². The Morgan fingerprint density at radius 2 is 1.88 bits per heavy atom. The number of aliphatic hydroxyl groups excluding tert-OH is 1. The second-order valence-electron chi connectivity index (χ2n) is 4.01. The Morgan fingerprint density at radius 1 is 1.24 bits per heavy atom. The van der Waals surface area contributed by atoms with E-state index in [2.05, 4.69) is 0 Å². The summed E-state index contributed by atoms with van der Waals surface area (Å²) >= 11 is 0. The average Bonchev–Trinajstić information content (AvgIpc) is 2.29. The molecular weight excluding hydrogens is 218 g/mol. The highest BCUT2D eigenvalue weighted by molar-refractivity contribution is 6.07. The normalized spacial score (nSPS) is 14.6. The lowest BCUT2D eigenvalue weighted by Gasteiger charge is -2.29. The van der Waals surface area contributed by atoms with E-state index >= 15 is 0 Å². The number of aliphatic hydroxyl groups is 1. The smallest absolute Gasteiger partial charge is 0.224 e. The molecule has 1 aromatic carbocycles. The number of para-hydroxylation sites is 1. The number of benzene rings is 1. The number of carbonyl (C=O) groups is 2. The van der Waals surface area contributed by atoms with Crippen LogP contribution < -0.4 is 4.90 Å². The first-order valence-corrected chi connectivity index (χ1v) is 5.33. The zero-order chi connectivity index (χ0) is 12.6. The van der Waals surface area contributed by atoms with E-state index in [1.165, 1.54) is 18.7 Å². The van der Waals surface area contributed by atoms with Gasteiger partial charge in [-0.25, -0.2) is 0 Å². The second-order valence-corrected chi connectivity index (χ2v) is 4.01. The number of Topliss-reactive ketones (excluding diaryl/α,β-unsaturated/α-hetero) is 1. The fourth-order valence-corrected chi connectivity index (χ4v) is 1.95. The maximum atomic E-state index is 11.5. The lowest BCUT2D eigenvalue weighted by Crippen LogP contribution is -2.35. The highest BCUT2D eigenvalue weighted by atomic mass is 16.3. The highest BCUT2D eigenvalue weighted by Gasteiger charge is 2.27. The van der Waals surface area contributed by atoms with Gasteiger partial charge in [0, 0.05) is 12.5 Å². The van der Waals surface area contributed by atoms with Crippen molar-refractivity contribution in [3.05, 3.63) is 35.4 Å². The minimum atomic E-state index is -0.219. The van der Waals surface area contributed by atoms with Crippen LogP contribution in [0, 0.1) is 0 Å². The molecule has 88 valence electrons. The van der Waals surface area contributed by atoms with E-state index < -0.39 is 0 Å². The number of rotatable bonds is 1. The van der Waals surface area contributed by atoms with Crippen LogP contribution in [0.5, 0.6) is 0 Å². The van der Waals surface area contributed by atoms with Gasteiger partial charge in [-0.3, -0.25) is 9.59 Å². The van der Waals surface area contributed by atoms with E-state index in [-0.39, 0.29) is 29.6 Å². The van der Waals surface area contributed by atoms with Gasteiger partial charge in [0.1, 0.15) is 5.76 Å². The molecule has 0 aromatic heterocycles. The number of ketones is 1. The van der Waals surface area contributed by atoms with Crippen LogP contribution in [-0.4, -0.2) is 23.3 Å². The molecule has 4 nitrogen and oxygen atoms in total. The number of fused-ring (bicyclic) bond motifs is 1. The fourth-order valence-electron chi connectivity index (χ4n) is 1.95. The van der Waals surface area contributed by atoms with Crippen molar-refractivity contribution in [1.82, 2.24) is 0 Å². The standard InChI is InChI=1S/C13H13NO3/c1-8(15)11-7-14(9(2)16)12-6-4-3-5-10(12)13(11)17/h3-6,17H,7H2,1-2H3. The molecule has 0 radical (unpaired) electrons. The summed E-state index contributed by atoms with van der Waals surface area (Å²) in [5, 5.41) is 10.0. The Bertz CT molecular complexity index is 531. The van der Waals surface area contributed by atoms with Crippen molar-refractivity contribution in [2.24, 2.45) is 0 Å². The van der Waals surface area contributed by atoms with Gasteiger partial charge in [-0.05, 0) is 19.1 Å². The summed E-state index contributed by atoms with van der Waals surface area (Å²) in [6.07, 6.45) is 0. The molecule has 0 bridgehead atoms. The van der Waals surface area contributed by atoms with Gasteiger partial charge in [0.15, 0.2) is 5.78 Å². The number of anilines is 1. The largest absolute Gasteiger partial charge is 0.507 e. The Balaban J connectivity index is 2.64. The van der Waals surface area contributed by atoms with E-state index in [9.17, 15) is 14.7 Å². The molecule has 0 saturated carbocycles. The first-order valence-electron chi connectivity index (χ1n) is 5.33. The molecule has 1 aliphatic rings. The van der Waals surface area contributed by atoms with Gasteiger partial charge in [0.2, 0.25) is 5.91 Å². The maximum Gasteiger partial charge on any atom is 0.224 e. The molecule has 0 saturated heterocycles. The fraction of sp³-hybridized carbons (Fsp3) is 0.231. The minimum absolute atomic E-state index is 0.0226. The first kappa shape index (κ1) is 11.4. The van der Waals surface area contributed by atoms with Crippen molar-refractivity contribution >= 4 is 23.1 Å².